The van der Waals surface area contributed by atoms with Gasteiger partial charge in [-0.05, 0) is 49.1 Å². The number of rotatable bonds is 3. The van der Waals surface area contributed by atoms with Crippen LogP contribution in [0.15, 0.2) is 24.8 Å². The van der Waals surface area contributed by atoms with E-state index >= 15 is 0 Å². The van der Waals surface area contributed by atoms with Crippen LogP contribution in [0.5, 0.6) is 5.75 Å². The van der Waals surface area contributed by atoms with Crippen molar-refractivity contribution < 1.29 is 19.0 Å². The normalized spacial score (nSPS) is 27.2. The second kappa shape index (κ2) is 5.70. The van der Waals surface area contributed by atoms with E-state index in [2.05, 4.69) is 6.58 Å². The Morgan fingerprint density at radius 1 is 1.26 bits per heavy atom. The van der Waals surface area contributed by atoms with Gasteiger partial charge in [0.15, 0.2) is 11.6 Å². The number of benzene rings is 1. The number of phenols is 1. The summed E-state index contributed by atoms with van der Waals surface area (Å²) in [6.07, 6.45) is 3.87. The third-order valence-electron chi connectivity index (χ3n) is 3.96. The van der Waals surface area contributed by atoms with Crippen molar-refractivity contribution in [3.8, 4) is 5.75 Å². The fraction of sp³-hybridized carbons (Fsp3) is 0.467. The maximum atomic E-state index is 13.8. The largest absolute Gasteiger partial charge is 0.505 e. The van der Waals surface area contributed by atoms with E-state index in [-0.39, 0.29) is 17.4 Å². The molecule has 0 aromatic heterocycles. The van der Waals surface area contributed by atoms with Crippen LogP contribution in [-0.2, 0) is 0 Å². The molecule has 1 aliphatic carbocycles. The molecule has 104 valence electrons. The van der Waals surface area contributed by atoms with Gasteiger partial charge in [-0.15, -0.1) is 6.58 Å². The molecule has 2 nitrogen and oxygen atoms in total. The van der Waals surface area contributed by atoms with Crippen molar-refractivity contribution in [2.75, 3.05) is 0 Å². The average molecular weight is 268 g/mol. The number of aliphatic hydroxyl groups excluding tert-OH is 1. The molecule has 0 radical (unpaired) electrons. The zero-order valence-electron chi connectivity index (χ0n) is 10.6. The van der Waals surface area contributed by atoms with E-state index in [1.54, 1.807) is 6.08 Å². The SMILES string of the molecule is C=CCC1CCC(c2ccc(O)c(F)c2F)CC1O. The number of allylic oxidation sites excluding steroid dienone is 1. The van der Waals surface area contributed by atoms with Crippen molar-refractivity contribution in [2.24, 2.45) is 5.92 Å². The van der Waals surface area contributed by atoms with Gasteiger partial charge in [-0.2, -0.15) is 4.39 Å². The number of halogens is 2. The molecule has 0 bridgehead atoms. The van der Waals surface area contributed by atoms with Gasteiger partial charge in [0.2, 0.25) is 5.82 Å². The van der Waals surface area contributed by atoms with Crippen LogP contribution in [0.4, 0.5) is 8.78 Å². The highest BCUT2D eigenvalue weighted by atomic mass is 19.2. The summed E-state index contributed by atoms with van der Waals surface area (Å²) in [5.41, 5.74) is 0.242. The van der Waals surface area contributed by atoms with Gasteiger partial charge in [0.05, 0.1) is 6.10 Å². The first kappa shape index (κ1) is 14.0. The molecule has 19 heavy (non-hydrogen) atoms. The standard InChI is InChI=1S/C15H18F2O2/c1-2-3-9-4-5-10(8-13(9)19)11-6-7-12(18)15(17)14(11)16/h2,6-7,9-10,13,18-19H,1,3-5,8H2. The van der Waals surface area contributed by atoms with Gasteiger partial charge in [-0.1, -0.05) is 12.1 Å². The maximum Gasteiger partial charge on any atom is 0.200 e. The zero-order valence-corrected chi connectivity index (χ0v) is 10.6. The lowest BCUT2D eigenvalue weighted by Crippen LogP contribution is -2.28. The molecule has 0 saturated heterocycles. The number of hydrogen-bond donors (Lipinski definition) is 2. The zero-order chi connectivity index (χ0) is 14.0. The number of phenolic OH excluding ortho intramolecular Hbond substituents is 1. The van der Waals surface area contributed by atoms with E-state index in [0.717, 1.165) is 18.9 Å². The Kier molecular flexibility index (Phi) is 4.20. The molecule has 3 atom stereocenters. The molecular formula is C15H18F2O2. The first-order valence-electron chi connectivity index (χ1n) is 6.50. The Hall–Kier alpha value is -1.42. The molecule has 2 N–H and O–H groups in total. The first-order valence-corrected chi connectivity index (χ1v) is 6.50. The molecule has 2 rings (SSSR count). The molecule has 0 aliphatic heterocycles. The van der Waals surface area contributed by atoms with Crippen LogP contribution in [-0.4, -0.2) is 16.3 Å². The third kappa shape index (κ3) is 2.78. The van der Waals surface area contributed by atoms with Crippen molar-refractivity contribution in [1.82, 2.24) is 0 Å². The van der Waals surface area contributed by atoms with Gasteiger partial charge >= 0.3 is 0 Å². The highest BCUT2D eigenvalue weighted by Gasteiger charge is 2.31. The lowest BCUT2D eigenvalue weighted by Gasteiger charge is -2.33. The van der Waals surface area contributed by atoms with Gasteiger partial charge in [0.25, 0.3) is 0 Å². The third-order valence-corrected chi connectivity index (χ3v) is 3.96. The minimum Gasteiger partial charge on any atom is -0.505 e. The molecule has 0 heterocycles. The van der Waals surface area contributed by atoms with Crippen LogP contribution in [0, 0.1) is 17.6 Å². The highest BCUT2D eigenvalue weighted by Crippen LogP contribution is 2.39. The van der Waals surface area contributed by atoms with Gasteiger partial charge in [-0.3, -0.25) is 0 Å². The lowest BCUT2D eigenvalue weighted by atomic mass is 9.75. The average Bonchev–Trinajstić information content (AvgIpc) is 2.39. The summed E-state index contributed by atoms with van der Waals surface area (Å²) in [5, 5.41) is 19.1. The van der Waals surface area contributed by atoms with E-state index in [4.69, 9.17) is 5.11 Å². The first-order chi connectivity index (χ1) is 9.04. The summed E-state index contributed by atoms with van der Waals surface area (Å²) in [6, 6.07) is 2.56. The Morgan fingerprint density at radius 3 is 2.63 bits per heavy atom. The number of aromatic hydroxyl groups is 1. The molecule has 1 aromatic rings. The van der Waals surface area contributed by atoms with Crippen LogP contribution < -0.4 is 0 Å². The molecular weight excluding hydrogens is 250 g/mol. The van der Waals surface area contributed by atoms with Crippen LogP contribution in [0.3, 0.4) is 0 Å². The van der Waals surface area contributed by atoms with Gasteiger partial charge in [-0.25, -0.2) is 4.39 Å². The molecule has 0 amide bonds. The van der Waals surface area contributed by atoms with E-state index in [9.17, 15) is 13.9 Å². The number of aliphatic hydroxyl groups is 1. The fourth-order valence-electron chi connectivity index (χ4n) is 2.85. The van der Waals surface area contributed by atoms with Crippen molar-refractivity contribution in [3.05, 3.63) is 42.0 Å². The van der Waals surface area contributed by atoms with E-state index in [0.29, 0.717) is 12.8 Å². The predicted molar refractivity (Wildman–Crippen MR) is 68.9 cm³/mol. The topological polar surface area (TPSA) is 40.5 Å². The smallest absolute Gasteiger partial charge is 0.200 e. The van der Waals surface area contributed by atoms with Crippen molar-refractivity contribution in [2.45, 2.75) is 37.7 Å². The Balaban J connectivity index is 2.17. The minimum atomic E-state index is -1.21. The molecule has 1 aromatic carbocycles. The van der Waals surface area contributed by atoms with Crippen LogP contribution in [0.1, 0.15) is 37.2 Å². The summed E-state index contributed by atoms with van der Waals surface area (Å²) in [4.78, 5) is 0. The van der Waals surface area contributed by atoms with Crippen LogP contribution in [0.2, 0.25) is 0 Å². The second-order valence-corrected chi connectivity index (χ2v) is 5.16. The van der Waals surface area contributed by atoms with Gasteiger partial charge < -0.3 is 10.2 Å². The molecule has 1 saturated carbocycles. The summed E-state index contributed by atoms with van der Waals surface area (Å²) in [7, 11) is 0. The highest BCUT2D eigenvalue weighted by molar-refractivity contribution is 5.32. The Labute approximate surface area is 111 Å². The summed E-state index contributed by atoms with van der Waals surface area (Å²) in [5.74, 6) is -2.94. The van der Waals surface area contributed by atoms with Crippen molar-refractivity contribution in [3.63, 3.8) is 0 Å². The fourth-order valence-corrected chi connectivity index (χ4v) is 2.85. The Morgan fingerprint density at radius 2 is 2.00 bits per heavy atom. The molecule has 1 fully saturated rings. The molecule has 3 unspecified atom stereocenters. The van der Waals surface area contributed by atoms with Crippen LogP contribution >= 0.6 is 0 Å². The molecule has 1 aliphatic rings. The van der Waals surface area contributed by atoms with Crippen molar-refractivity contribution >= 4 is 0 Å². The predicted octanol–water partition coefficient (Wildman–Crippen LogP) is 3.49. The summed E-state index contributed by atoms with van der Waals surface area (Å²) < 4.78 is 27.1. The van der Waals surface area contributed by atoms with E-state index in [1.807, 2.05) is 0 Å². The minimum absolute atomic E-state index is 0.152. The monoisotopic (exact) mass is 268 g/mol. The lowest BCUT2D eigenvalue weighted by molar-refractivity contribution is 0.0612. The summed E-state index contributed by atoms with van der Waals surface area (Å²) >= 11 is 0. The maximum absolute atomic E-state index is 13.8. The van der Waals surface area contributed by atoms with Crippen LogP contribution in [0.25, 0.3) is 0 Å². The van der Waals surface area contributed by atoms with Crippen molar-refractivity contribution in [1.29, 1.82) is 0 Å². The van der Waals surface area contributed by atoms with E-state index < -0.39 is 23.5 Å². The Bertz CT molecular complexity index is 473. The quantitative estimate of drug-likeness (QED) is 0.824. The number of hydrogen-bond acceptors (Lipinski definition) is 2. The van der Waals surface area contributed by atoms with Gasteiger partial charge in [0, 0.05) is 0 Å². The second-order valence-electron chi connectivity index (χ2n) is 5.16. The molecule has 4 heteroatoms. The summed E-state index contributed by atoms with van der Waals surface area (Å²) in [6.45, 7) is 3.65. The van der Waals surface area contributed by atoms with Gasteiger partial charge in [0.1, 0.15) is 0 Å². The molecule has 0 spiro atoms. The van der Waals surface area contributed by atoms with E-state index in [1.165, 1.54) is 6.07 Å².